The van der Waals surface area contributed by atoms with Gasteiger partial charge in [-0.2, -0.15) is 0 Å². The van der Waals surface area contributed by atoms with Crippen LogP contribution < -0.4 is 5.32 Å². The van der Waals surface area contributed by atoms with E-state index in [1.165, 1.54) is 45.1 Å². The number of nitrogens with one attached hydrogen (secondary N) is 1. The minimum Gasteiger partial charge on any atom is -0.319 e. The zero-order valence-corrected chi connectivity index (χ0v) is 10.2. The molecule has 1 fully saturated rings. The molecule has 84 valence electrons. The first-order chi connectivity index (χ1) is 6.74. The van der Waals surface area contributed by atoms with Crippen molar-refractivity contribution in [3.8, 4) is 0 Å². The van der Waals surface area contributed by atoms with Gasteiger partial charge in [0, 0.05) is 0 Å². The van der Waals surface area contributed by atoms with Gasteiger partial charge in [0.2, 0.25) is 0 Å². The maximum Gasteiger partial charge on any atom is -0.00236 e. The van der Waals surface area contributed by atoms with E-state index >= 15 is 0 Å². The summed E-state index contributed by atoms with van der Waals surface area (Å²) in [5.74, 6) is 2.77. The molecule has 0 aromatic rings. The van der Waals surface area contributed by atoms with Gasteiger partial charge < -0.3 is 5.32 Å². The van der Waals surface area contributed by atoms with Gasteiger partial charge in [0.25, 0.3) is 0 Å². The van der Waals surface area contributed by atoms with Crippen molar-refractivity contribution >= 4 is 0 Å². The van der Waals surface area contributed by atoms with Crippen molar-refractivity contribution in [2.45, 2.75) is 52.4 Å². The molecule has 0 bridgehead atoms. The third-order valence-electron chi connectivity index (χ3n) is 3.93. The lowest BCUT2D eigenvalue weighted by Gasteiger charge is -2.27. The Balaban J connectivity index is 2.20. The number of hydrogen-bond acceptors (Lipinski definition) is 1. The minimum absolute atomic E-state index is 0.835. The fourth-order valence-electron chi connectivity index (χ4n) is 2.70. The van der Waals surface area contributed by atoms with E-state index in [1.54, 1.807) is 0 Å². The van der Waals surface area contributed by atoms with Crippen molar-refractivity contribution in [3.05, 3.63) is 0 Å². The molecule has 0 heterocycles. The Bertz CT molecular complexity index is 138. The average Bonchev–Trinajstić information content (AvgIpc) is 2.19. The van der Waals surface area contributed by atoms with Crippen LogP contribution in [0.3, 0.4) is 0 Å². The average molecular weight is 197 g/mol. The Morgan fingerprint density at radius 3 is 2.29 bits per heavy atom. The summed E-state index contributed by atoms with van der Waals surface area (Å²) in [6, 6.07) is 0. The molecule has 0 aromatic carbocycles. The maximum atomic E-state index is 3.29. The quantitative estimate of drug-likeness (QED) is 0.712. The van der Waals surface area contributed by atoms with Crippen molar-refractivity contribution in [1.29, 1.82) is 0 Å². The van der Waals surface area contributed by atoms with E-state index in [0.29, 0.717) is 0 Å². The Kier molecular flexibility index (Phi) is 5.54. The standard InChI is InChI=1S/C13H27N/c1-11(12(2)10-14-3)9-13-7-5-4-6-8-13/h11-14H,4-10H2,1-3H3. The summed E-state index contributed by atoms with van der Waals surface area (Å²) in [7, 11) is 2.06. The van der Waals surface area contributed by atoms with Crippen molar-refractivity contribution in [2.75, 3.05) is 13.6 Å². The van der Waals surface area contributed by atoms with Crippen LogP contribution in [-0.2, 0) is 0 Å². The van der Waals surface area contributed by atoms with Gasteiger partial charge in [0.05, 0.1) is 0 Å². The Morgan fingerprint density at radius 1 is 1.07 bits per heavy atom. The van der Waals surface area contributed by atoms with Crippen molar-refractivity contribution in [1.82, 2.24) is 5.32 Å². The molecule has 1 aliphatic rings. The molecule has 0 spiro atoms. The van der Waals surface area contributed by atoms with Crippen LogP contribution in [0.15, 0.2) is 0 Å². The van der Waals surface area contributed by atoms with Crippen LogP contribution in [0.1, 0.15) is 52.4 Å². The highest BCUT2D eigenvalue weighted by atomic mass is 14.8. The van der Waals surface area contributed by atoms with Crippen LogP contribution in [-0.4, -0.2) is 13.6 Å². The molecule has 1 nitrogen and oxygen atoms in total. The minimum atomic E-state index is 0.835. The zero-order valence-electron chi connectivity index (χ0n) is 10.2. The molecule has 2 atom stereocenters. The summed E-state index contributed by atoms with van der Waals surface area (Å²) in [4.78, 5) is 0. The molecule has 1 aliphatic carbocycles. The van der Waals surface area contributed by atoms with Gasteiger partial charge >= 0.3 is 0 Å². The smallest absolute Gasteiger partial charge is 0.00236 e. The summed E-state index contributed by atoms with van der Waals surface area (Å²) in [6.45, 7) is 5.98. The molecule has 1 N–H and O–H groups in total. The van der Waals surface area contributed by atoms with Gasteiger partial charge in [-0.1, -0.05) is 46.0 Å². The van der Waals surface area contributed by atoms with Crippen LogP contribution in [0, 0.1) is 17.8 Å². The molecule has 0 saturated heterocycles. The van der Waals surface area contributed by atoms with E-state index in [2.05, 4.69) is 26.2 Å². The van der Waals surface area contributed by atoms with Gasteiger partial charge in [-0.3, -0.25) is 0 Å². The van der Waals surface area contributed by atoms with Gasteiger partial charge in [-0.25, -0.2) is 0 Å². The highest BCUT2D eigenvalue weighted by molar-refractivity contribution is 4.72. The normalized spacial score (nSPS) is 23.4. The van der Waals surface area contributed by atoms with Gasteiger partial charge in [-0.15, -0.1) is 0 Å². The SMILES string of the molecule is CNCC(C)C(C)CC1CCCCC1. The van der Waals surface area contributed by atoms with Gasteiger partial charge in [0.1, 0.15) is 0 Å². The molecular formula is C13H27N. The molecule has 0 aliphatic heterocycles. The first-order valence-corrected chi connectivity index (χ1v) is 6.38. The van der Waals surface area contributed by atoms with Crippen LogP contribution in [0.2, 0.25) is 0 Å². The zero-order chi connectivity index (χ0) is 10.4. The van der Waals surface area contributed by atoms with E-state index in [0.717, 1.165) is 17.8 Å². The summed E-state index contributed by atoms with van der Waals surface area (Å²) >= 11 is 0. The Hall–Kier alpha value is -0.0400. The second-order valence-corrected chi connectivity index (χ2v) is 5.25. The fourth-order valence-corrected chi connectivity index (χ4v) is 2.70. The second kappa shape index (κ2) is 6.44. The van der Waals surface area contributed by atoms with Crippen molar-refractivity contribution in [3.63, 3.8) is 0 Å². The molecule has 2 unspecified atom stereocenters. The molecule has 0 radical (unpaired) electrons. The summed E-state index contributed by atoms with van der Waals surface area (Å²) in [5.41, 5.74) is 0. The molecule has 0 aromatic heterocycles. The van der Waals surface area contributed by atoms with Crippen LogP contribution in [0.4, 0.5) is 0 Å². The summed E-state index contributed by atoms with van der Waals surface area (Å²) < 4.78 is 0. The first-order valence-electron chi connectivity index (χ1n) is 6.38. The highest BCUT2D eigenvalue weighted by Gasteiger charge is 2.19. The van der Waals surface area contributed by atoms with Crippen LogP contribution in [0.5, 0.6) is 0 Å². The molecule has 0 amide bonds. The van der Waals surface area contributed by atoms with E-state index < -0.39 is 0 Å². The topological polar surface area (TPSA) is 12.0 Å². The largest absolute Gasteiger partial charge is 0.319 e. The predicted octanol–water partition coefficient (Wildman–Crippen LogP) is 3.45. The third kappa shape index (κ3) is 4.00. The lowest BCUT2D eigenvalue weighted by molar-refractivity contribution is 0.250. The van der Waals surface area contributed by atoms with Crippen molar-refractivity contribution in [2.24, 2.45) is 17.8 Å². The molecule has 1 saturated carbocycles. The second-order valence-electron chi connectivity index (χ2n) is 5.25. The fraction of sp³-hybridized carbons (Fsp3) is 1.00. The molecular weight excluding hydrogens is 170 g/mol. The molecule has 1 rings (SSSR count). The number of hydrogen-bond donors (Lipinski definition) is 1. The molecule has 1 heteroatoms. The monoisotopic (exact) mass is 197 g/mol. The van der Waals surface area contributed by atoms with Crippen molar-refractivity contribution < 1.29 is 0 Å². The van der Waals surface area contributed by atoms with Gasteiger partial charge in [0.15, 0.2) is 0 Å². The van der Waals surface area contributed by atoms with Crippen LogP contribution >= 0.6 is 0 Å². The van der Waals surface area contributed by atoms with Crippen LogP contribution in [0.25, 0.3) is 0 Å². The van der Waals surface area contributed by atoms with E-state index in [4.69, 9.17) is 0 Å². The maximum absolute atomic E-state index is 3.29. The third-order valence-corrected chi connectivity index (χ3v) is 3.93. The summed E-state index contributed by atoms with van der Waals surface area (Å²) in [6.07, 6.45) is 8.91. The van der Waals surface area contributed by atoms with Gasteiger partial charge in [-0.05, 0) is 37.8 Å². The first kappa shape index (κ1) is 12.0. The van der Waals surface area contributed by atoms with E-state index in [-0.39, 0.29) is 0 Å². The lowest BCUT2D eigenvalue weighted by Crippen LogP contribution is -2.24. The van der Waals surface area contributed by atoms with E-state index in [9.17, 15) is 0 Å². The van der Waals surface area contributed by atoms with E-state index in [1.807, 2.05) is 0 Å². The predicted molar refractivity (Wildman–Crippen MR) is 63.4 cm³/mol. The molecule has 14 heavy (non-hydrogen) atoms. The number of rotatable bonds is 5. The lowest BCUT2D eigenvalue weighted by atomic mass is 9.80. The Morgan fingerprint density at radius 2 is 1.71 bits per heavy atom. The highest BCUT2D eigenvalue weighted by Crippen LogP contribution is 2.31. The summed E-state index contributed by atoms with van der Waals surface area (Å²) in [5, 5.41) is 3.29. The Labute approximate surface area is 89.7 Å².